The molecule has 0 spiro atoms. The summed E-state index contributed by atoms with van der Waals surface area (Å²) in [5, 5.41) is 5.96. The van der Waals surface area contributed by atoms with Crippen LogP contribution in [0.3, 0.4) is 0 Å². The molecule has 0 saturated carbocycles. The summed E-state index contributed by atoms with van der Waals surface area (Å²) in [6.45, 7) is 2.71. The number of nitrogens with one attached hydrogen (secondary N) is 2. The van der Waals surface area contributed by atoms with Gasteiger partial charge >= 0.3 is 6.03 Å². The van der Waals surface area contributed by atoms with Gasteiger partial charge in [-0.3, -0.25) is 4.79 Å². The zero-order valence-corrected chi connectivity index (χ0v) is 17.4. The Kier molecular flexibility index (Phi) is 6.49. The third-order valence-electron chi connectivity index (χ3n) is 4.85. The fourth-order valence-corrected chi connectivity index (χ4v) is 3.43. The number of urea groups is 1. The van der Waals surface area contributed by atoms with E-state index < -0.39 is 12.1 Å². The topological polar surface area (TPSA) is 79.9 Å². The van der Waals surface area contributed by atoms with Crippen LogP contribution in [0.15, 0.2) is 36.4 Å². The molecule has 1 atom stereocenters. The van der Waals surface area contributed by atoms with Crippen LogP contribution in [0.5, 0.6) is 11.5 Å². The van der Waals surface area contributed by atoms with Crippen LogP contribution in [0.4, 0.5) is 10.5 Å². The summed E-state index contributed by atoms with van der Waals surface area (Å²) in [6.07, 6.45) is 0.713. The zero-order chi connectivity index (χ0) is 21.0. The summed E-state index contributed by atoms with van der Waals surface area (Å²) in [7, 11) is 3.19. The lowest BCUT2D eigenvalue weighted by Crippen LogP contribution is -2.49. The van der Waals surface area contributed by atoms with Crippen LogP contribution in [-0.4, -0.2) is 43.6 Å². The summed E-state index contributed by atoms with van der Waals surface area (Å²) in [5.41, 5.74) is 2.74. The van der Waals surface area contributed by atoms with Crippen molar-refractivity contribution in [2.75, 3.05) is 26.1 Å². The molecule has 1 aliphatic rings. The number of rotatable bonds is 5. The van der Waals surface area contributed by atoms with Gasteiger partial charge in [0.25, 0.3) is 0 Å². The van der Waals surface area contributed by atoms with Crippen LogP contribution in [-0.2, 0) is 17.8 Å². The smallest absolute Gasteiger partial charge is 0.319 e. The van der Waals surface area contributed by atoms with E-state index in [0.29, 0.717) is 41.7 Å². The number of hydrogen-bond acceptors (Lipinski definition) is 4. The lowest BCUT2D eigenvalue weighted by atomic mass is 9.98. The quantitative estimate of drug-likeness (QED) is 0.780. The van der Waals surface area contributed by atoms with Crippen LogP contribution < -0.4 is 20.1 Å². The summed E-state index contributed by atoms with van der Waals surface area (Å²) in [5.74, 6) is 1.17. The van der Waals surface area contributed by atoms with Crippen LogP contribution in [0.1, 0.15) is 18.1 Å². The Hall–Kier alpha value is -2.93. The normalized spacial score (nSPS) is 13.9. The Morgan fingerprint density at radius 3 is 2.31 bits per heavy atom. The fraction of sp³-hybridized carbons (Fsp3) is 0.333. The molecular formula is C21H24ClN3O4. The molecule has 7 nitrogen and oxygen atoms in total. The Balaban J connectivity index is 1.61. The van der Waals surface area contributed by atoms with Crippen LogP contribution in [0, 0.1) is 0 Å². The van der Waals surface area contributed by atoms with Gasteiger partial charge in [0.1, 0.15) is 6.04 Å². The minimum atomic E-state index is -0.663. The number of carbonyl (C=O) groups is 2. The third-order valence-corrected chi connectivity index (χ3v) is 5.10. The summed E-state index contributed by atoms with van der Waals surface area (Å²) >= 11 is 5.84. The summed E-state index contributed by atoms with van der Waals surface area (Å²) < 4.78 is 10.7. The third kappa shape index (κ3) is 4.92. The number of nitrogens with zero attached hydrogens (tertiary/aromatic N) is 1. The van der Waals surface area contributed by atoms with E-state index in [4.69, 9.17) is 21.1 Å². The molecule has 0 aromatic heterocycles. The van der Waals surface area contributed by atoms with E-state index in [1.54, 1.807) is 50.3 Å². The molecule has 0 fully saturated rings. The number of benzene rings is 2. The molecule has 3 rings (SSSR count). The second-order valence-electron chi connectivity index (χ2n) is 6.81. The minimum Gasteiger partial charge on any atom is -0.493 e. The maximum absolute atomic E-state index is 12.8. The van der Waals surface area contributed by atoms with Gasteiger partial charge in [-0.25, -0.2) is 4.79 Å². The Morgan fingerprint density at radius 2 is 1.69 bits per heavy atom. The van der Waals surface area contributed by atoms with Gasteiger partial charge in [-0.15, -0.1) is 0 Å². The van der Waals surface area contributed by atoms with Gasteiger partial charge in [0.2, 0.25) is 5.91 Å². The van der Waals surface area contributed by atoms with Gasteiger partial charge in [-0.2, -0.15) is 0 Å². The summed E-state index contributed by atoms with van der Waals surface area (Å²) in [4.78, 5) is 26.8. The molecule has 0 radical (unpaired) electrons. The number of methoxy groups -OCH3 is 2. The molecular weight excluding hydrogens is 394 g/mol. The Labute approximate surface area is 174 Å². The lowest BCUT2D eigenvalue weighted by molar-refractivity contribution is -0.133. The molecule has 8 heteroatoms. The van der Waals surface area contributed by atoms with Crippen LogP contribution in [0.25, 0.3) is 0 Å². The number of halogens is 1. The predicted molar refractivity (Wildman–Crippen MR) is 112 cm³/mol. The number of hydrogen-bond donors (Lipinski definition) is 2. The number of anilines is 1. The fourth-order valence-electron chi connectivity index (χ4n) is 3.30. The van der Waals surface area contributed by atoms with Crippen molar-refractivity contribution >= 4 is 29.2 Å². The maximum Gasteiger partial charge on any atom is 0.319 e. The molecule has 154 valence electrons. The standard InChI is InChI=1S/C21H24ClN3O4/c1-13(23-21(27)24-17-6-4-16(22)5-7-17)20(26)25-9-8-14-10-18(28-2)19(29-3)11-15(14)12-25/h4-7,10-11,13H,8-9,12H2,1-3H3,(H2,23,24,27). The van der Waals surface area contributed by atoms with Crippen molar-refractivity contribution in [1.82, 2.24) is 10.2 Å². The van der Waals surface area contributed by atoms with E-state index in [1.165, 1.54) is 0 Å². The van der Waals surface area contributed by atoms with Gasteiger partial charge in [0, 0.05) is 23.8 Å². The van der Waals surface area contributed by atoms with Gasteiger partial charge in [-0.05, 0) is 60.9 Å². The average Bonchev–Trinajstić information content (AvgIpc) is 2.73. The van der Waals surface area contributed by atoms with E-state index in [0.717, 1.165) is 11.1 Å². The van der Waals surface area contributed by atoms with Gasteiger partial charge in [0.05, 0.1) is 14.2 Å². The van der Waals surface area contributed by atoms with Crippen molar-refractivity contribution in [2.24, 2.45) is 0 Å². The van der Waals surface area contributed by atoms with Gasteiger partial charge in [-0.1, -0.05) is 11.6 Å². The van der Waals surface area contributed by atoms with Crippen LogP contribution in [0.2, 0.25) is 5.02 Å². The molecule has 29 heavy (non-hydrogen) atoms. The van der Waals surface area contributed by atoms with E-state index in [9.17, 15) is 9.59 Å². The van der Waals surface area contributed by atoms with Crippen molar-refractivity contribution in [1.29, 1.82) is 0 Å². The molecule has 2 aromatic carbocycles. The second kappa shape index (κ2) is 9.05. The van der Waals surface area contributed by atoms with Gasteiger partial charge < -0.3 is 25.0 Å². The molecule has 1 aliphatic heterocycles. The highest BCUT2D eigenvalue weighted by Gasteiger charge is 2.27. The molecule has 1 unspecified atom stereocenters. The number of carbonyl (C=O) groups excluding carboxylic acids is 2. The molecule has 2 aromatic rings. The first kappa shape index (κ1) is 20.8. The first-order chi connectivity index (χ1) is 13.9. The van der Waals surface area contributed by atoms with E-state index in [2.05, 4.69) is 10.6 Å². The highest BCUT2D eigenvalue weighted by atomic mass is 35.5. The molecule has 2 N–H and O–H groups in total. The van der Waals surface area contributed by atoms with E-state index in [1.807, 2.05) is 12.1 Å². The Morgan fingerprint density at radius 1 is 1.07 bits per heavy atom. The molecule has 3 amide bonds. The van der Waals surface area contributed by atoms with Crippen molar-refractivity contribution in [3.05, 3.63) is 52.5 Å². The molecule has 0 saturated heterocycles. The second-order valence-corrected chi connectivity index (χ2v) is 7.25. The van der Waals surface area contributed by atoms with Gasteiger partial charge in [0.15, 0.2) is 11.5 Å². The zero-order valence-electron chi connectivity index (χ0n) is 16.6. The van der Waals surface area contributed by atoms with E-state index in [-0.39, 0.29) is 5.91 Å². The number of amides is 3. The van der Waals surface area contributed by atoms with Crippen molar-refractivity contribution in [2.45, 2.75) is 25.9 Å². The average molecular weight is 418 g/mol. The van der Waals surface area contributed by atoms with Crippen molar-refractivity contribution < 1.29 is 19.1 Å². The monoisotopic (exact) mass is 417 g/mol. The SMILES string of the molecule is COc1cc2c(cc1OC)CN(C(=O)C(C)NC(=O)Nc1ccc(Cl)cc1)CC2. The Bertz CT molecular complexity index is 902. The highest BCUT2D eigenvalue weighted by molar-refractivity contribution is 6.30. The molecule has 0 aliphatic carbocycles. The molecule has 1 heterocycles. The largest absolute Gasteiger partial charge is 0.493 e. The number of fused-ring (bicyclic) bond motifs is 1. The van der Waals surface area contributed by atoms with E-state index >= 15 is 0 Å². The maximum atomic E-state index is 12.8. The minimum absolute atomic E-state index is 0.142. The van der Waals surface area contributed by atoms with Crippen molar-refractivity contribution in [3.63, 3.8) is 0 Å². The first-order valence-electron chi connectivity index (χ1n) is 9.27. The number of ether oxygens (including phenoxy) is 2. The predicted octanol–water partition coefficient (Wildman–Crippen LogP) is 3.45. The molecule has 0 bridgehead atoms. The highest BCUT2D eigenvalue weighted by Crippen LogP contribution is 2.33. The first-order valence-corrected chi connectivity index (χ1v) is 9.64. The van der Waals surface area contributed by atoms with Crippen LogP contribution >= 0.6 is 11.6 Å². The lowest BCUT2D eigenvalue weighted by Gasteiger charge is -2.31. The summed E-state index contributed by atoms with van der Waals surface area (Å²) in [6, 6.07) is 9.49. The van der Waals surface area contributed by atoms with Crippen molar-refractivity contribution in [3.8, 4) is 11.5 Å².